The van der Waals surface area contributed by atoms with Gasteiger partial charge in [-0.2, -0.15) is 0 Å². The molecule has 0 aliphatic carbocycles. The lowest BCUT2D eigenvalue weighted by Gasteiger charge is -2.13. The van der Waals surface area contributed by atoms with Crippen molar-refractivity contribution in [2.45, 2.75) is 0 Å². The van der Waals surface area contributed by atoms with Crippen molar-refractivity contribution in [2.24, 2.45) is 0 Å². The lowest BCUT2D eigenvalue weighted by atomic mass is 10.00. The Balaban J connectivity index is 1.22. The number of nitrogens with zero attached hydrogens (tertiary/aromatic N) is 4. The number of rotatable bonds is 2. The van der Waals surface area contributed by atoms with Gasteiger partial charge in [0.25, 0.3) is 0 Å². The molecule has 4 heteroatoms. The Hall–Kier alpha value is -6.65. The minimum absolute atomic E-state index is 0.641. The molecule has 0 saturated heterocycles. The predicted octanol–water partition coefficient (Wildman–Crippen LogP) is 11.3. The van der Waals surface area contributed by atoms with Crippen molar-refractivity contribution in [3.05, 3.63) is 170 Å². The van der Waals surface area contributed by atoms with E-state index >= 15 is 0 Å². The Morgan fingerprint density at radius 1 is 0.286 bits per heavy atom. The van der Waals surface area contributed by atoms with Crippen LogP contribution in [0.25, 0.3) is 95.0 Å². The Labute approximate surface area is 283 Å². The van der Waals surface area contributed by atoms with Crippen molar-refractivity contribution < 1.29 is 0 Å². The molecule has 3 heterocycles. The molecule has 1 aliphatic heterocycles. The van der Waals surface area contributed by atoms with Crippen LogP contribution in [0.15, 0.2) is 170 Å². The number of benzene rings is 7. The number of aromatic nitrogens is 4. The molecule has 1 aliphatic rings. The Bertz CT molecular complexity index is 2710. The van der Waals surface area contributed by atoms with E-state index in [1.54, 1.807) is 0 Å². The molecule has 10 bridgehead atoms. The van der Waals surface area contributed by atoms with E-state index in [1.807, 2.05) is 6.07 Å². The van der Waals surface area contributed by atoms with E-state index in [4.69, 9.17) is 15.0 Å². The van der Waals surface area contributed by atoms with Gasteiger partial charge in [-0.15, -0.1) is 0 Å². The van der Waals surface area contributed by atoms with Crippen LogP contribution in [-0.2, 0) is 0 Å². The summed E-state index contributed by atoms with van der Waals surface area (Å²) in [5, 5.41) is 2.47. The molecule has 2 aromatic heterocycles. The molecule has 0 radical (unpaired) electrons. The molecule has 0 spiro atoms. The lowest BCUT2D eigenvalue weighted by Crippen LogP contribution is -2.00. The summed E-state index contributed by atoms with van der Waals surface area (Å²) in [6.07, 6.45) is 0. The summed E-state index contributed by atoms with van der Waals surface area (Å²) < 4.78 is 2.39. The van der Waals surface area contributed by atoms with E-state index in [0.717, 1.165) is 50.2 Å². The second-order valence-corrected chi connectivity index (χ2v) is 12.5. The van der Waals surface area contributed by atoms with Crippen LogP contribution in [0.2, 0.25) is 0 Å². The van der Waals surface area contributed by atoms with Crippen molar-refractivity contribution in [1.29, 1.82) is 0 Å². The largest absolute Gasteiger partial charge is 0.309 e. The third-order valence-electron chi connectivity index (χ3n) is 9.57. The van der Waals surface area contributed by atoms with Crippen LogP contribution >= 0.6 is 0 Å². The Morgan fingerprint density at radius 2 is 0.755 bits per heavy atom. The van der Waals surface area contributed by atoms with Crippen LogP contribution < -0.4 is 0 Å². The van der Waals surface area contributed by atoms with Gasteiger partial charge in [0.05, 0.1) is 11.0 Å². The zero-order valence-electron chi connectivity index (χ0n) is 26.5. The topological polar surface area (TPSA) is 43.6 Å². The highest BCUT2D eigenvalue weighted by Crippen LogP contribution is 2.37. The van der Waals surface area contributed by atoms with Crippen LogP contribution in [0, 0.1) is 0 Å². The van der Waals surface area contributed by atoms with Gasteiger partial charge in [0, 0.05) is 33.2 Å². The molecule has 49 heavy (non-hydrogen) atoms. The average Bonchev–Trinajstić information content (AvgIpc) is 3.52. The zero-order chi connectivity index (χ0) is 32.3. The summed E-state index contributed by atoms with van der Waals surface area (Å²) in [4.78, 5) is 15.2. The molecule has 0 saturated carbocycles. The van der Waals surface area contributed by atoms with Gasteiger partial charge in [-0.25, -0.2) is 15.0 Å². The third-order valence-corrected chi connectivity index (χ3v) is 9.57. The summed E-state index contributed by atoms with van der Waals surface area (Å²) in [6.45, 7) is 0. The van der Waals surface area contributed by atoms with Crippen molar-refractivity contribution >= 4 is 21.8 Å². The monoisotopic (exact) mass is 624 g/mol. The zero-order valence-corrected chi connectivity index (χ0v) is 26.5. The highest BCUT2D eigenvalue weighted by atomic mass is 15.0. The minimum atomic E-state index is 0.641. The second kappa shape index (κ2) is 11.0. The smallest absolute Gasteiger partial charge is 0.164 e. The maximum atomic E-state index is 5.10. The van der Waals surface area contributed by atoms with Gasteiger partial charge in [-0.3, -0.25) is 0 Å². The summed E-state index contributed by atoms with van der Waals surface area (Å²) in [5.74, 6) is 1.93. The van der Waals surface area contributed by atoms with Crippen LogP contribution in [0.5, 0.6) is 0 Å². The van der Waals surface area contributed by atoms with Gasteiger partial charge in [0.2, 0.25) is 0 Å². The van der Waals surface area contributed by atoms with Crippen molar-refractivity contribution in [2.75, 3.05) is 0 Å². The number of hydrogen-bond donors (Lipinski definition) is 0. The molecule has 4 nitrogen and oxygen atoms in total. The van der Waals surface area contributed by atoms with E-state index in [2.05, 4.69) is 168 Å². The number of hydrogen-bond acceptors (Lipinski definition) is 3. The second-order valence-electron chi connectivity index (χ2n) is 12.5. The molecule has 0 unspecified atom stereocenters. The molecule has 10 rings (SSSR count). The summed E-state index contributed by atoms with van der Waals surface area (Å²) in [7, 11) is 0. The summed E-state index contributed by atoms with van der Waals surface area (Å²) in [6, 6.07) is 60.2. The molecule has 0 fully saturated rings. The first kappa shape index (κ1) is 27.5. The average molecular weight is 625 g/mol. The van der Waals surface area contributed by atoms with Crippen LogP contribution in [0.3, 0.4) is 0 Å². The first-order valence-electron chi connectivity index (χ1n) is 16.5. The maximum Gasteiger partial charge on any atom is 0.164 e. The fourth-order valence-corrected chi connectivity index (χ4v) is 7.13. The van der Waals surface area contributed by atoms with Crippen molar-refractivity contribution in [1.82, 2.24) is 19.5 Å². The fraction of sp³-hybridized carbons (Fsp3) is 0. The van der Waals surface area contributed by atoms with Gasteiger partial charge in [0.1, 0.15) is 0 Å². The van der Waals surface area contributed by atoms with E-state index in [-0.39, 0.29) is 0 Å². The first-order valence-corrected chi connectivity index (χ1v) is 16.5. The normalized spacial score (nSPS) is 11.7. The maximum absolute atomic E-state index is 5.10. The summed E-state index contributed by atoms with van der Waals surface area (Å²) in [5.41, 5.74) is 13.1. The fourth-order valence-electron chi connectivity index (χ4n) is 7.13. The third kappa shape index (κ3) is 4.65. The van der Waals surface area contributed by atoms with Crippen LogP contribution in [0.1, 0.15) is 0 Å². The molecule has 9 aromatic rings. The lowest BCUT2D eigenvalue weighted by molar-refractivity contribution is 1.07. The van der Waals surface area contributed by atoms with Crippen LogP contribution in [-0.4, -0.2) is 19.5 Å². The van der Waals surface area contributed by atoms with Gasteiger partial charge >= 0.3 is 0 Å². The van der Waals surface area contributed by atoms with Gasteiger partial charge in [0.15, 0.2) is 17.5 Å². The van der Waals surface area contributed by atoms with Crippen LogP contribution in [0.4, 0.5) is 0 Å². The molecule has 0 amide bonds. The van der Waals surface area contributed by atoms with E-state index in [0.29, 0.717) is 17.5 Å². The summed E-state index contributed by atoms with van der Waals surface area (Å²) >= 11 is 0. The molecule has 0 N–H and O–H groups in total. The quantitative estimate of drug-likeness (QED) is 0.192. The first-order chi connectivity index (χ1) is 24.2. The highest BCUT2D eigenvalue weighted by Gasteiger charge is 2.17. The SMILES string of the molecule is c1ccc(-c2ccc(-c3nc4nc(n3)-c3cccc(c3)-c3ccc5c6ccccc6n(c5c3)-c3cccc(c3)-c3cccc-4c3)cc2)cc1. The molecule has 0 atom stereocenters. The molecule has 7 aromatic carbocycles. The van der Waals surface area contributed by atoms with E-state index in [1.165, 1.54) is 27.4 Å². The Morgan fingerprint density at radius 3 is 1.47 bits per heavy atom. The van der Waals surface area contributed by atoms with Gasteiger partial charge in [-0.1, -0.05) is 133 Å². The predicted molar refractivity (Wildman–Crippen MR) is 200 cm³/mol. The van der Waals surface area contributed by atoms with E-state index in [9.17, 15) is 0 Å². The highest BCUT2D eigenvalue weighted by molar-refractivity contribution is 6.10. The molecular formula is C45H28N4. The standard InChI is InChI=1S/C45H28N4/c1-2-9-29(10-3-1)30-19-21-31(22-20-30)43-46-44-36-14-6-11-32(25-36)34-13-8-16-38(27-34)49-41-18-5-4-17-39(41)40-24-23-35(28-42(40)49)33-12-7-15-37(26-33)45(47-43)48-44/h1-28H. The van der Waals surface area contributed by atoms with Gasteiger partial charge in [-0.05, 0) is 69.8 Å². The molecular weight excluding hydrogens is 597 g/mol. The van der Waals surface area contributed by atoms with Gasteiger partial charge < -0.3 is 4.57 Å². The number of para-hydroxylation sites is 1. The van der Waals surface area contributed by atoms with Crippen molar-refractivity contribution in [3.63, 3.8) is 0 Å². The Kier molecular flexibility index (Phi) is 6.15. The minimum Gasteiger partial charge on any atom is -0.309 e. The number of fused-ring (bicyclic) bond motifs is 17. The van der Waals surface area contributed by atoms with E-state index < -0.39 is 0 Å². The van der Waals surface area contributed by atoms with Crippen molar-refractivity contribution in [3.8, 4) is 73.2 Å². The molecule has 228 valence electrons.